The van der Waals surface area contributed by atoms with Gasteiger partial charge in [-0.05, 0) is 91.1 Å². The summed E-state index contributed by atoms with van der Waals surface area (Å²) in [6, 6.07) is 5.78. The number of hydrogen-bond acceptors (Lipinski definition) is 6. The minimum Gasteiger partial charge on any atom is -0.496 e. The maximum Gasteiger partial charge on any atom is 0.416 e. The van der Waals surface area contributed by atoms with E-state index in [-0.39, 0.29) is 73.2 Å². The molecule has 0 saturated carbocycles. The Morgan fingerprint density at radius 1 is 0.849 bits per heavy atom. The predicted octanol–water partition coefficient (Wildman–Crippen LogP) is 10.7. The monoisotopic (exact) mass is 766 g/mol. The van der Waals surface area contributed by atoms with Gasteiger partial charge < -0.3 is 18.9 Å². The van der Waals surface area contributed by atoms with Gasteiger partial charge in [0.2, 0.25) is 0 Å². The molecular weight excluding hydrogens is 730 g/mol. The molecule has 0 N–H and O–H groups in total. The quantitative estimate of drug-likeness (QED) is 0.110. The number of methoxy groups -OCH3 is 1. The average molecular weight is 767 g/mol. The summed E-state index contributed by atoms with van der Waals surface area (Å²) in [6.45, 7) is 4.59. The lowest BCUT2D eigenvalue weighted by atomic mass is 9.79. The van der Waals surface area contributed by atoms with E-state index in [1.54, 1.807) is 6.92 Å². The molecule has 1 saturated heterocycles. The van der Waals surface area contributed by atoms with Gasteiger partial charge >= 0.3 is 30.5 Å². The molecule has 4 rings (SSSR count). The number of rotatable bonds is 11. The minimum absolute atomic E-state index is 0.0206. The lowest BCUT2D eigenvalue weighted by molar-refractivity contribution is -0.155. The molecule has 6 nitrogen and oxygen atoms in total. The molecule has 0 amide bonds. The molecule has 2 unspecified atom stereocenters. The van der Waals surface area contributed by atoms with E-state index < -0.39 is 82.4 Å². The second-order valence-electron chi connectivity index (χ2n) is 12.7. The van der Waals surface area contributed by atoms with Gasteiger partial charge in [-0.3, -0.25) is 9.59 Å². The Bertz CT molecular complexity index is 1750. The van der Waals surface area contributed by atoms with E-state index in [1.807, 2.05) is 0 Å². The Morgan fingerprint density at radius 3 is 2.04 bits per heavy atom. The van der Waals surface area contributed by atoms with Gasteiger partial charge in [-0.1, -0.05) is 19.9 Å². The van der Waals surface area contributed by atoms with Crippen molar-refractivity contribution in [2.45, 2.75) is 77.0 Å². The van der Waals surface area contributed by atoms with Crippen LogP contribution in [0, 0.1) is 17.7 Å². The van der Waals surface area contributed by atoms with Gasteiger partial charge in [0.05, 0.1) is 42.9 Å². The smallest absolute Gasteiger partial charge is 0.416 e. The Kier molecular flexibility index (Phi) is 12.7. The summed E-state index contributed by atoms with van der Waals surface area (Å²) in [4.78, 5) is 25.4. The van der Waals surface area contributed by atoms with Crippen molar-refractivity contribution in [2.24, 2.45) is 11.8 Å². The van der Waals surface area contributed by atoms with Gasteiger partial charge in [0, 0.05) is 18.1 Å². The average Bonchev–Trinajstić information content (AvgIpc) is 3.22. The molecule has 4 atom stereocenters. The summed E-state index contributed by atoms with van der Waals surface area (Å²) in [7, 11) is 1.20. The first-order valence-corrected chi connectivity index (χ1v) is 16.5. The number of alkyl halides is 9. The van der Waals surface area contributed by atoms with Crippen LogP contribution in [-0.2, 0) is 37.6 Å². The molecule has 0 aromatic heterocycles. The fourth-order valence-electron chi connectivity index (χ4n) is 6.27. The standard InChI is InChI=1S/C37H36F10O6/c1-5-51-32(48)7-6-12-52-31-17-28(30(50-4)18-29(31)38)26-11-9-22(35(39,40)41)16-27(26)20(3)25-10-8-19(2)33(53-34(25)49)21-13-23(36(42,43)44)15-24(14-21)37(45,46)47/h9,11,13-20,25,33H,5-8,10,12H2,1-4H3/t19-,20?,25?,33+/m1/s1. The predicted molar refractivity (Wildman–Crippen MR) is 170 cm³/mol. The number of halogens is 10. The van der Waals surface area contributed by atoms with Crippen molar-refractivity contribution in [3.8, 4) is 22.6 Å². The van der Waals surface area contributed by atoms with E-state index in [1.165, 1.54) is 27.0 Å². The maximum absolute atomic E-state index is 15.1. The zero-order valence-electron chi connectivity index (χ0n) is 28.9. The van der Waals surface area contributed by atoms with Crippen molar-refractivity contribution < 1.29 is 72.4 Å². The number of benzene rings is 3. The first-order chi connectivity index (χ1) is 24.6. The Hall–Kier alpha value is -4.50. The van der Waals surface area contributed by atoms with E-state index >= 15 is 4.39 Å². The summed E-state index contributed by atoms with van der Waals surface area (Å²) in [5, 5.41) is 0. The van der Waals surface area contributed by atoms with Crippen LogP contribution < -0.4 is 9.47 Å². The molecule has 3 aromatic rings. The van der Waals surface area contributed by atoms with Crippen LogP contribution in [0.3, 0.4) is 0 Å². The van der Waals surface area contributed by atoms with Crippen LogP contribution in [0.5, 0.6) is 11.5 Å². The number of ether oxygens (including phenoxy) is 4. The molecule has 3 aromatic carbocycles. The van der Waals surface area contributed by atoms with Crippen LogP contribution >= 0.6 is 0 Å². The highest BCUT2D eigenvalue weighted by Gasteiger charge is 2.42. The van der Waals surface area contributed by atoms with Gasteiger partial charge in [-0.15, -0.1) is 0 Å². The van der Waals surface area contributed by atoms with Gasteiger partial charge in [-0.2, -0.15) is 39.5 Å². The zero-order valence-corrected chi connectivity index (χ0v) is 28.9. The summed E-state index contributed by atoms with van der Waals surface area (Å²) >= 11 is 0. The molecule has 0 spiro atoms. The maximum atomic E-state index is 15.1. The fraction of sp³-hybridized carbons (Fsp3) is 0.459. The fourth-order valence-corrected chi connectivity index (χ4v) is 6.27. The molecule has 1 fully saturated rings. The largest absolute Gasteiger partial charge is 0.496 e. The van der Waals surface area contributed by atoms with Crippen LogP contribution in [0.4, 0.5) is 43.9 Å². The van der Waals surface area contributed by atoms with Crippen molar-refractivity contribution in [1.29, 1.82) is 0 Å². The summed E-state index contributed by atoms with van der Waals surface area (Å²) in [5.41, 5.74) is -4.68. The Labute approximate surface area is 298 Å². The van der Waals surface area contributed by atoms with Crippen LogP contribution in [0.15, 0.2) is 48.5 Å². The first kappa shape index (κ1) is 41.3. The van der Waals surface area contributed by atoms with E-state index in [2.05, 4.69) is 0 Å². The molecule has 53 heavy (non-hydrogen) atoms. The van der Waals surface area contributed by atoms with Crippen LogP contribution in [0.1, 0.15) is 86.3 Å². The lowest BCUT2D eigenvalue weighted by Crippen LogP contribution is -2.24. The number of hydrogen-bond donors (Lipinski definition) is 0. The molecule has 0 bridgehead atoms. The molecular formula is C37H36F10O6. The Morgan fingerprint density at radius 2 is 1.47 bits per heavy atom. The molecule has 0 aliphatic carbocycles. The van der Waals surface area contributed by atoms with Crippen molar-refractivity contribution >= 4 is 11.9 Å². The third-order valence-corrected chi connectivity index (χ3v) is 9.04. The lowest BCUT2D eigenvalue weighted by Gasteiger charge is -2.26. The second-order valence-corrected chi connectivity index (χ2v) is 12.7. The van der Waals surface area contributed by atoms with E-state index in [0.717, 1.165) is 24.3 Å². The third-order valence-electron chi connectivity index (χ3n) is 9.04. The highest BCUT2D eigenvalue weighted by Crippen LogP contribution is 2.47. The number of carbonyl (C=O) groups excluding carboxylic acids is 2. The van der Waals surface area contributed by atoms with E-state index in [9.17, 15) is 49.1 Å². The van der Waals surface area contributed by atoms with Gasteiger partial charge in [0.25, 0.3) is 0 Å². The highest BCUT2D eigenvalue weighted by atomic mass is 19.4. The Balaban J connectivity index is 1.74. The molecule has 1 aliphatic heterocycles. The third kappa shape index (κ3) is 9.93. The van der Waals surface area contributed by atoms with Gasteiger partial charge in [0.1, 0.15) is 11.9 Å². The normalized spacial score (nSPS) is 18.9. The first-order valence-electron chi connectivity index (χ1n) is 16.5. The van der Waals surface area contributed by atoms with Crippen LogP contribution in [0.25, 0.3) is 11.1 Å². The molecule has 0 radical (unpaired) electrons. The van der Waals surface area contributed by atoms with Gasteiger partial charge in [0.15, 0.2) is 11.6 Å². The van der Waals surface area contributed by atoms with Gasteiger partial charge in [-0.25, -0.2) is 4.39 Å². The second kappa shape index (κ2) is 16.3. The summed E-state index contributed by atoms with van der Waals surface area (Å²) < 4.78 is 160. The zero-order chi connectivity index (χ0) is 39.5. The van der Waals surface area contributed by atoms with Crippen molar-refractivity contribution in [2.75, 3.05) is 20.3 Å². The number of carbonyl (C=O) groups is 2. The van der Waals surface area contributed by atoms with Crippen molar-refractivity contribution in [1.82, 2.24) is 0 Å². The molecule has 1 heterocycles. The number of cyclic esters (lactones) is 1. The summed E-state index contributed by atoms with van der Waals surface area (Å²) in [5.74, 6) is -5.90. The number of esters is 2. The minimum atomic E-state index is -5.15. The van der Waals surface area contributed by atoms with Crippen LogP contribution in [0.2, 0.25) is 0 Å². The SMILES string of the molecule is CCOC(=O)CCCOc1cc(-c2ccc(C(F)(F)F)cc2C(C)C2CC[C@@H](C)[C@@H](c3cc(C(F)(F)F)cc(C(F)(F)F)c3)OC2=O)c(OC)cc1F. The topological polar surface area (TPSA) is 71.1 Å². The van der Waals surface area contributed by atoms with Crippen LogP contribution in [-0.4, -0.2) is 32.3 Å². The molecule has 290 valence electrons. The van der Waals surface area contributed by atoms with E-state index in [0.29, 0.717) is 12.1 Å². The van der Waals surface area contributed by atoms with Crippen molar-refractivity contribution in [3.63, 3.8) is 0 Å². The summed E-state index contributed by atoms with van der Waals surface area (Å²) in [6.07, 6.45) is -16.5. The molecule has 1 aliphatic rings. The molecule has 16 heteroatoms. The highest BCUT2D eigenvalue weighted by molar-refractivity contribution is 5.79. The van der Waals surface area contributed by atoms with E-state index in [4.69, 9.17) is 18.9 Å². The van der Waals surface area contributed by atoms with Crippen molar-refractivity contribution in [3.05, 3.63) is 82.2 Å².